The minimum absolute atomic E-state index is 0.0607. The lowest BCUT2D eigenvalue weighted by Gasteiger charge is -2.21. The molecule has 102 valence electrons. The zero-order valence-electron chi connectivity index (χ0n) is 10.4. The number of hydrogen-bond acceptors (Lipinski definition) is 4. The summed E-state index contributed by atoms with van der Waals surface area (Å²) in [5.74, 6) is -1.26. The third-order valence-corrected chi connectivity index (χ3v) is 4.13. The van der Waals surface area contributed by atoms with E-state index in [0.717, 1.165) is 0 Å². The lowest BCUT2D eigenvalue weighted by molar-refractivity contribution is -0.148. The minimum atomic E-state index is -0.963. The third-order valence-electron chi connectivity index (χ3n) is 3.22. The molecule has 1 aromatic rings. The Hall–Kier alpha value is -1.69. The molecule has 0 saturated carbocycles. The molecule has 2 rings (SSSR count). The Morgan fingerprint density at radius 1 is 1.37 bits per heavy atom. The number of aliphatic carboxylic acids is 1. The smallest absolute Gasteiger partial charge is 0.326 e. The maximum atomic E-state index is 11.9. The molecule has 1 fully saturated rings. The topological polar surface area (TPSA) is 74.7 Å². The number of carboxylic acids is 1. The molecular formula is C13H15NO4S. The largest absolute Gasteiger partial charge is 0.480 e. The van der Waals surface area contributed by atoms with Crippen molar-refractivity contribution in [1.82, 2.24) is 4.90 Å². The summed E-state index contributed by atoms with van der Waals surface area (Å²) < 4.78 is 0. The van der Waals surface area contributed by atoms with Crippen LogP contribution in [0.4, 0.5) is 0 Å². The van der Waals surface area contributed by atoms with Gasteiger partial charge in [-0.3, -0.25) is 9.59 Å². The predicted octanol–water partition coefficient (Wildman–Crippen LogP) is 1.79. The average molecular weight is 281 g/mol. The Morgan fingerprint density at radius 2 is 2.16 bits per heavy atom. The van der Waals surface area contributed by atoms with Gasteiger partial charge in [-0.15, -0.1) is 11.3 Å². The second-order valence-electron chi connectivity index (χ2n) is 4.48. The van der Waals surface area contributed by atoms with E-state index in [1.807, 2.05) is 5.38 Å². The van der Waals surface area contributed by atoms with Gasteiger partial charge in [-0.25, -0.2) is 4.79 Å². The quantitative estimate of drug-likeness (QED) is 0.835. The number of amides is 1. The van der Waals surface area contributed by atoms with Crippen molar-refractivity contribution in [2.24, 2.45) is 0 Å². The second kappa shape index (κ2) is 5.97. The Kier molecular flexibility index (Phi) is 4.31. The normalized spacial score (nSPS) is 18.5. The first kappa shape index (κ1) is 13.7. The molecule has 1 amide bonds. The Labute approximate surface area is 114 Å². The fourth-order valence-electron chi connectivity index (χ4n) is 2.25. The van der Waals surface area contributed by atoms with Crippen LogP contribution in [0, 0.1) is 0 Å². The van der Waals surface area contributed by atoms with Crippen LogP contribution < -0.4 is 0 Å². The molecule has 1 N–H and O–H groups in total. The second-order valence-corrected chi connectivity index (χ2v) is 5.43. The number of ketones is 1. The molecular weight excluding hydrogens is 266 g/mol. The lowest BCUT2D eigenvalue weighted by Crippen LogP contribution is -2.40. The number of carbonyl (C=O) groups excluding carboxylic acids is 2. The van der Waals surface area contributed by atoms with E-state index in [9.17, 15) is 14.4 Å². The van der Waals surface area contributed by atoms with Gasteiger partial charge >= 0.3 is 5.97 Å². The van der Waals surface area contributed by atoms with Gasteiger partial charge in [-0.1, -0.05) is 6.07 Å². The van der Waals surface area contributed by atoms with E-state index in [1.165, 1.54) is 16.2 Å². The maximum Gasteiger partial charge on any atom is 0.326 e. The van der Waals surface area contributed by atoms with Crippen molar-refractivity contribution >= 4 is 29.0 Å². The summed E-state index contributed by atoms with van der Waals surface area (Å²) in [4.78, 5) is 36.7. The molecule has 2 heterocycles. The van der Waals surface area contributed by atoms with Crippen molar-refractivity contribution in [1.29, 1.82) is 0 Å². The summed E-state index contributed by atoms with van der Waals surface area (Å²) >= 11 is 1.35. The van der Waals surface area contributed by atoms with Crippen LogP contribution in [0.5, 0.6) is 0 Å². The summed E-state index contributed by atoms with van der Waals surface area (Å²) in [6, 6.07) is 2.80. The molecule has 1 aliphatic rings. The molecule has 0 aliphatic carbocycles. The molecule has 1 saturated heterocycles. The molecule has 1 atom stereocenters. The van der Waals surface area contributed by atoms with Gasteiger partial charge in [0.05, 0.1) is 4.88 Å². The van der Waals surface area contributed by atoms with Gasteiger partial charge in [-0.2, -0.15) is 0 Å². The molecule has 1 aliphatic heterocycles. The standard InChI is InChI=1S/C13H15NO4S/c15-10(11-4-2-8-19-11)5-6-12(16)14-7-1-3-9(14)13(17)18/h2,4,8-9H,1,3,5-7H2,(H,17,18)/t9-/m0/s1. The van der Waals surface area contributed by atoms with Gasteiger partial charge in [0, 0.05) is 19.4 Å². The highest BCUT2D eigenvalue weighted by Gasteiger charge is 2.33. The van der Waals surface area contributed by atoms with Gasteiger partial charge in [0.15, 0.2) is 5.78 Å². The Balaban J connectivity index is 1.88. The number of likely N-dealkylation sites (tertiary alicyclic amines) is 1. The Morgan fingerprint density at radius 3 is 2.79 bits per heavy atom. The average Bonchev–Trinajstić information content (AvgIpc) is 3.04. The van der Waals surface area contributed by atoms with Crippen molar-refractivity contribution in [3.8, 4) is 0 Å². The molecule has 5 nitrogen and oxygen atoms in total. The van der Waals surface area contributed by atoms with Gasteiger partial charge in [0.1, 0.15) is 6.04 Å². The molecule has 19 heavy (non-hydrogen) atoms. The number of Topliss-reactive ketones (excluding diaryl/α,β-unsaturated/α-hetero) is 1. The van der Waals surface area contributed by atoms with Crippen LogP contribution in [0.3, 0.4) is 0 Å². The number of thiophene rings is 1. The fraction of sp³-hybridized carbons (Fsp3) is 0.462. The molecule has 1 aromatic heterocycles. The summed E-state index contributed by atoms with van der Waals surface area (Å²) in [6.45, 7) is 0.475. The highest BCUT2D eigenvalue weighted by molar-refractivity contribution is 7.12. The number of carbonyl (C=O) groups is 3. The Bertz CT molecular complexity index is 483. The van der Waals surface area contributed by atoms with Crippen LogP contribution in [0.15, 0.2) is 17.5 Å². The van der Waals surface area contributed by atoms with E-state index in [2.05, 4.69) is 0 Å². The summed E-state index contributed by atoms with van der Waals surface area (Å²) in [5.41, 5.74) is 0. The highest BCUT2D eigenvalue weighted by atomic mass is 32.1. The van der Waals surface area contributed by atoms with E-state index < -0.39 is 12.0 Å². The van der Waals surface area contributed by atoms with Crippen LogP contribution in [-0.4, -0.2) is 40.3 Å². The van der Waals surface area contributed by atoms with E-state index in [4.69, 9.17) is 5.11 Å². The third kappa shape index (κ3) is 3.20. The van der Waals surface area contributed by atoms with E-state index >= 15 is 0 Å². The van der Waals surface area contributed by atoms with Crippen molar-refractivity contribution in [3.63, 3.8) is 0 Å². The van der Waals surface area contributed by atoms with Crippen LogP contribution in [0.25, 0.3) is 0 Å². The highest BCUT2D eigenvalue weighted by Crippen LogP contribution is 2.20. The zero-order chi connectivity index (χ0) is 13.8. The number of rotatable bonds is 5. The molecule has 0 bridgehead atoms. The number of nitrogens with zero attached hydrogens (tertiary/aromatic N) is 1. The molecule has 6 heteroatoms. The predicted molar refractivity (Wildman–Crippen MR) is 70.3 cm³/mol. The fourth-order valence-corrected chi connectivity index (χ4v) is 2.94. The van der Waals surface area contributed by atoms with Gasteiger partial charge < -0.3 is 10.0 Å². The first-order chi connectivity index (χ1) is 9.09. The van der Waals surface area contributed by atoms with Gasteiger partial charge in [0.2, 0.25) is 5.91 Å². The number of carboxylic acid groups (broad SMARTS) is 1. The maximum absolute atomic E-state index is 11.9. The van der Waals surface area contributed by atoms with Crippen molar-refractivity contribution in [2.45, 2.75) is 31.7 Å². The van der Waals surface area contributed by atoms with Crippen LogP contribution in [-0.2, 0) is 9.59 Å². The first-order valence-electron chi connectivity index (χ1n) is 6.18. The van der Waals surface area contributed by atoms with Gasteiger partial charge in [0.25, 0.3) is 0 Å². The molecule has 0 unspecified atom stereocenters. The van der Waals surface area contributed by atoms with Crippen LogP contribution in [0.2, 0.25) is 0 Å². The number of hydrogen-bond donors (Lipinski definition) is 1. The van der Waals surface area contributed by atoms with Crippen LogP contribution in [0.1, 0.15) is 35.4 Å². The van der Waals surface area contributed by atoms with Crippen molar-refractivity contribution < 1.29 is 19.5 Å². The molecule has 0 radical (unpaired) electrons. The molecule has 0 spiro atoms. The minimum Gasteiger partial charge on any atom is -0.480 e. The molecule has 0 aromatic carbocycles. The summed E-state index contributed by atoms with van der Waals surface area (Å²) in [5, 5.41) is 10.8. The van der Waals surface area contributed by atoms with Crippen molar-refractivity contribution in [2.75, 3.05) is 6.54 Å². The van der Waals surface area contributed by atoms with Crippen LogP contribution >= 0.6 is 11.3 Å². The van der Waals surface area contributed by atoms with Gasteiger partial charge in [-0.05, 0) is 24.3 Å². The van der Waals surface area contributed by atoms with E-state index in [-0.39, 0.29) is 24.5 Å². The zero-order valence-corrected chi connectivity index (χ0v) is 11.2. The first-order valence-corrected chi connectivity index (χ1v) is 7.06. The lowest BCUT2D eigenvalue weighted by atomic mass is 10.1. The van der Waals surface area contributed by atoms with Crippen molar-refractivity contribution in [3.05, 3.63) is 22.4 Å². The SMILES string of the molecule is O=C(CCC(=O)N1CCC[C@H]1C(=O)O)c1cccs1. The summed E-state index contributed by atoms with van der Waals surface area (Å²) in [7, 11) is 0. The summed E-state index contributed by atoms with van der Waals surface area (Å²) in [6.07, 6.45) is 1.43. The van der Waals surface area contributed by atoms with E-state index in [0.29, 0.717) is 24.3 Å². The monoisotopic (exact) mass is 281 g/mol. The van der Waals surface area contributed by atoms with E-state index in [1.54, 1.807) is 12.1 Å².